The normalized spacial score (nSPS) is 16.8. The van der Waals surface area contributed by atoms with Gasteiger partial charge in [0.15, 0.2) is 5.82 Å². The molecule has 3 aromatic heterocycles. The second kappa shape index (κ2) is 8.75. The standard InChI is InChI=1S/C27H24BrFN6OS/c1-32-8-10-33(11-9-32)23-13-22-19(12-21(23)29)25(36)20(14-34(22)18-6-7-18)26-30-27-35(31-26)24(15-37-27)16-2-4-17(28)5-3-16/h2-5,12-15,18H,6-11H2,1H3. The van der Waals surface area contributed by atoms with E-state index in [9.17, 15) is 4.79 Å². The minimum absolute atomic E-state index is 0.237. The molecule has 10 heteroatoms. The van der Waals surface area contributed by atoms with Crippen molar-refractivity contribution in [3.8, 4) is 22.6 Å². The first-order valence-corrected chi connectivity index (χ1v) is 14.1. The fraction of sp³-hybridized carbons (Fsp3) is 0.296. The molecule has 37 heavy (non-hydrogen) atoms. The Morgan fingerprint density at radius 3 is 2.57 bits per heavy atom. The van der Waals surface area contributed by atoms with E-state index in [1.807, 2.05) is 41.9 Å². The van der Waals surface area contributed by atoms with Crippen LogP contribution < -0.4 is 10.3 Å². The third-order valence-corrected chi connectivity index (χ3v) is 8.69. The van der Waals surface area contributed by atoms with E-state index in [1.54, 1.807) is 4.52 Å². The molecule has 0 atom stereocenters. The maximum absolute atomic E-state index is 15.4. The molecule has 1 saturated carbocycles. The fourth-order valence-electron chi connectivity index (χ4n) is 5.08. The summed E-state index contributed by atoms with van der Waals surface area (Å²) in [5.41, 5.74) is 3.45. The second-order valence-electron chi connectivity index (χ2n) is 9.88. The molecular formula is C27H24BrFN6OS. The lowest BCUT2D eigenvalue weighted by molar-refractivity contribution is 0.312. The van der Waals surface area contributed by atoms with E-state index in [0.29, 0.717) is 33.5 Å². The van der Waals surface area contributed by atoms with Crippen LogP contribution in [0.2, 0.25) is 0 Å². The molecule has 1 aliphatic heterocycles. The number of likely N-dealkylation sites (N-methyl/N-ethyl adjacent to an activating group) is 1. The molecule has 0 N–H and O–H groups in total. The molecule has 7 nitrogen and oxygen atoms in total. The summed E-state index contributed by atoms with van der Waals surface area (Å²) in [6.45, 7) is 3.30. The van der Waals surface area contributed by atoms with E-state index in [2.05, 4.69) is 37.3 Å². The van der Waals surface area contributed by atoms with Gasteiger partial charge in [-0.05, 0) is 44.2 Å². The van der Waals surface area contributed by atoms with Gasteiger partial charge in [0.25, 0.3) is 0 Å². The molecule has 2 aromatic carbocycles. The molecule has 7 rings (SSSR count). The number of hydrogen-bond donors (Lipinski definition) is 0. The van der Waals surface area contributed by atoms with Gasteiger partial charge in [-0.25, -0.2) is 8.91 Å². The van der Waals surface area contributed by atoms with Gasteiger partial charge in [0.2, 0.25) is 10.4 Å². The first kappa shape index (κ1) is 23.1. The van der Waals surface area contributed by atoms with Gasteiger partial charge in [-0.3, -0.25) is 4.79 Å². The number of piperazine rings is 1. The van der Waals surface area contributed by atoms with Gasteiger partial charge < -0.3 is 14.4 Å². The molecule has 188 valence electrons. The minimum Gasteiger partial charge on any atom is -0.367 e. The van der Waals surface area contributed by atoms with Crippen molar-refractivity contribution in [2.45, 2.75) is 18.9 Å². The minimum atomic E-state index is -0.357. The van der Waals surface area contributed by atoms with Crippen LogP contribution in [-0.4, -0.2) is 57.3 Å². The van der Waals surface area contributed by atoms with Crippen molar-refractivity contribution in [1.29, 1.82) is 0 Å². The average Bonchev–Trinajstić information content (AvgIpc) is 3.54. The van der Waals surface area contributed by atoms with Crippen molar-refractivity contribution in [2.24, 2.45) is 0 Å². The van der Waals surface area contributed by atoms with Crippen LogP contribution in [0.4, 0.5) is 10.1 Å². The number of halogens is 2. The van der Waals surface area contributed by atoms with E-state index in [4.69, 9.17) is 10.1 Å². The van der Waals surface area contributed by atoms with Crippen molar-refractivity contribution >= 4 is 48.8 Å². The zero-order valence-electron chi connectivity index (χ0n) is 20.2. The van der Waals surface area contributed by atoms with Gasteiger partial charge in [-0.15, -0.1) is 16.4 Å². The zero-order chi connectivity index (χ0) is 25.3. The Morgan fingerprint density at radius 1 is 1.08 bits per heavy atom. The number of nitrogens with zero attached hydrogens (tertiary/aromatic N) is 6. The fourth-order valence-corrected chi connectivity index (χ4v) is 6.17. The van der Waals surface area contributed by atoms with Crippen LogP contribution in [0.1, 0.15) is 18.9 Å². The van der Waals surface area contributed by atoms with Crippen LogP contribution in [0.25, 0.3) is 38.5 Å². The van der Waals surface area contributed by atoms with Crippen LogP contribution in [0, 0.1) is 5.82 Å². The Hall–Kier alpha value is -3.08. The van der Waals surface area contributed by atoms with Crippen molar-refractivity contribution < 1.29 is 4.39 Å². The molecule has 2 aliphatic rings. The number of benzene rings is 2. The monoisotopic (exact) mass is 578 g/mol. The third kappa shape index (κ3) is 3.98. The summed E-state index contributed by atoms with van der Waals surface area (Å²) in [5.74, 6) is 0.0139. The van der Waals surface area contributed by atoms with Crippen LogP contribution in [0.15, 0.2) is 57.2 Å². The van der Waals surface area contributed by atoms with Crippen molar-refractivity contribution in [3.05, 3.63) is 68.5 Å². The lowest BCUT2D eigenvalue weighted by atomic mass is 10.1. The Bertz CT molecular complexity index is 1710. The second-order valence-corrected chi connectivity index (χ2v) is 11.6. The SMILES string of the molecule is CN1CCN(c2cc3c(cc2F)c(=O)c(-c2nc4scc(-c5ccc(Br)cc5)n4n2)cn3C2CC2)CC1. The molecule has 1 saturated heterocycles. The lowest BCUT2D eigenvalue weighted by Crippen LogP contribution is -2.44. The molecule has 0 bridgehead atoms. The molecule has 4 heterocycles. The summed E-state index contributed by atoms with van der Waals surface area (Å²) in [6, 6.07) is 11.6. The van der Waals surface area contributed by atoms with Gasteiger partial charge in [-0.1, -0.05) is 28.1 Å². The maximum Gasteiger partial charge on any atom is 0.213 e. The number of anilines is 1. The highest BCUT2D eigenvalue weighted by Gasteiger charge is 2.28. The Kier molecular flexibility index (Phi) is 5.45. The molecule has 0 spiro atoms. The van der Waals surface area contributed by atoms with Crippen LogP contribution in [0.5, 0.6) is 0 Å². The molecule has 1 aliphatic carbocycles. The quantitative estimate of drug-likeness (QED) is 0.285. The first-order valence-electron chi connectivity index (χ1n) is 12.4. The number of thiazole rings is 1. The van der Waals surface area contributed by atoms with E-state index < -0.39 is 0 Å². The molecule has 5 aromatic rings. The first-order chi connectivity index (χ1) is 18.0. The number of aromatic nitrogens is 4. The summed E-state index contributed by atoms with van der Waals surface area (Å²) in [6.07, 6.45) is 3.96. The molecular weight excluding hydrogens is 555 g/mol. The van der Waals surface area contributed by atoms with E-state index in [0.717, 1.165) is 60.3 Å². The maximum atomic E-state index is 15.4. The number of pyridine rings is 1. The number of fused-ring (bicyclic) bond motifs is 2. The Morgan fingerprint density at radius 2 is 1.84 bits per heavy atom. The summed E-state index contributed by atoms with van der Waals surface area (Å²) < 4.78 is 20.3. The van der Waals surface area contributed by atoms with Crippen molar-refractivity contribution in [1.82, 2.24) is 24.1 Å². The summed E-state index contributed by atoms with van der Waals surface area (Å²) >= 11 is 4.96. The molecule has 2 fully saturated rings. The van der Waals surface area contributed by atoms with Gasteiger partial charge in [0.1, 0.15) is 5.82 Å². The molecule has 0 unspecified atom stereocenters. The predicted molar refractivity (Wildman–Crippen MR) is 149 cm³/mol. The highest BCUT2D eigenvalue weighted by Crippen LogP contribution is 2.39. The summed E-state index contributed by atoms with van der Waals surface area (Å²) in [4.78, 5) is 23.4. The molecule has 0 radical (unpaired) electrons. The van der Waals surface area contributed by atoms with E-state index in [-0.39, 0.29) is 11.2 Å². The van der Waals surface area contributed by atoms with E-state index in [1.165, 1.54) is 17.4 Å². The average molecular weight is 579 g/mol. The van der Waals surface area contributed by atoms with Crippen LogP contribution in [-0.2, 0) is 0 Å². The Balaban J connectivity index is 1.36. The third-order valence-electron chi connectivity index (χ3n) is 7.35. The zero-order valence-corrected chi connectivity index (χ0v) is 22.6. The van der Waals surface area contributed by atoms with Gasteiger partial charge in [-0.2, -0.15) is 4.98 Å². The number of hydrogen-bond acceptors (Lipinski definition) is 6. The predicted octanol–water partition coefficient (Wildman–Crippen LogP) is 5.43. The summed E-state index contributed by atoms with van der Waals surface area (Å²) in [5, 5.41) is 7.13. The van der Waals surface area contributed by atoms with Crippen LogP contribution >= 0.6 is 27.3 Å². The van der Waals surface area contributed by atoms with Crippen molar-refractivity contribution in [2.75, 3.05) is 38.1 Å². The largest absolute Gasteiger partial charge is 0.367 e. The van der Waals surface area contributed by atoms with Crippen molar-refractivity contribution in [3.63, 3.8) is 0 Å². The Labute approximate surface area is 224 Å². The smallest absolute Gasteiger partial charge is 0.213 e. The van der Waals surface area contributed by atoms with Crippen LogP contribution in [0.3, 0.4) is 0 Å². The van der Waals surface area contributed by atoms with Gasteiger partial charge in [0, 0.05) is 59.2 Å². The molecule has 0 amide bonds. The van der Waals surface area contributed by atoms with Gasteiger partial charge in [0.05, 0.1) is 22.5 Å². The lowest BCUT2D eigenvalue weighted by Gasteiger charge is -2.34. The van der Waals surface area contributed by atoms with Gasteiger partial charge >= 0.3 is 0 Å². The summed E-state index contributed by atoms with van der Waals surface area (Å²) in [7, 11) is 2.08. The highest BCUT2D eigenvalue weighted by atomic mass is 79.9. The highest BCUT2D eigenvalue weighted by molar-refractivity contribution is 9.10. The topological polar surface area (TPSA) is 58.7 Å². The number of rotatable bonds is 4. The van der Waals surface area contributed by atoms with E-state index >= 15 is 4.39 Å².